The minimum Gasteiger partial charge on any atom is -0.475 e. The van der Waals surface area contributed by atoms with Crippen LogP contribution in [0, 0.1) is 0 Å². The molecule has 0 spiro atoms. The second-order valence-corrected chi connectivity index (χ2v) is 5.94. The van der Waals surface area contributed by atoms with Crippen LogP contribution in [0.2, 0.25) is 0 Å². The molecule has 0 unspecified atom stereocenters. The summed E-state index contributed by atoms with van der Waals surface area (Å²) < 4.78 is 10.1. The van der Waals surface area contributed by atoms with Crippen molar-refractivity contribution in [2.45, 2.75) is 32.8 Å². The molecule has 1 aromatic carbocycles. The highest BCUT2D eigenvalue weighted by Crippen LogP contribution is 2.27. The first kappa shape index (κ1) is 16.5. The number of hydrogen-bond donors (Lipinski definition) is 2. The maximum absolute atomic E-state index is 11.7. The van der Waals surface area contributed by atoms with Crippen LogP contribution in [-0.2, 0) is 16.8 Å². The van der Waals surface area contributed by atoms with E-state index in [4.69, 9.17) is 14.3 Å². The van der Waals surface area contributed by atoms with Crippen molar-refractivity contribution >= 4 is 18.1 Å². The Kier molecular flexibility index (Phi) is 4.68. The highest BCUT2D eigenvalue weighted by atomic mass is 16.6. The van der Waals surface area contributed by atoms with Crippen LogP contribution >= 0.6 is 0 Å². The van der Waals surface area contributed by atoms with Gasteiger partial charge in [-0.2, -0.15) is 4.98 Å². The SMILES string of the molecule is CC(C)(C)c1nc(NC(=O)OCc2ccccc2)oc1C(=O)O. The number of aromatic nitrogens is 1. The molecule has 0 saturated heterocycles. The van der Waals surface area contributed by atoms with Gasteiger partial charge in [0, 0.05) is 5.41 Å². The summed E-state index contributed by atoms with van der Waals surface area (Å²) in [7, 11) is 0. The molecule has 1 aromatic heterocycles. The monoisotopic (exact) mass is 318 g/mol. The number of carbonyl (C=O) groups excluding carboxylic acids is 1. The molecule has 0 atom stereocenters. The minimum atomic E-state index is -1.24. The van der Waals surface area contributed by atoms with Gasteiger partial charge >= 0.3 is 18.1 Å². The third kappa shape index (κ3) is 4.32. The van der Waals surface area contributed by atoms with Gasteiger partial charge in [0.1, 0.15) is 12.3 Å². The molecule has 0 aliphatic carbocycles. The zero-order chi connectivity index (χ0) is 17.0. The number of hydrogen-bond acceptors (Lipinski definition) is 5. The normalized spacial score (nSPS) is 11.1. The van der Waals surface area contributed by atoms with Crippen molar-refractivity contribution in [1.82, 2.24) is 4.98 Å². The Hall–Kier alpha value is -2.83. The number of carboxylic acids is 1. The lowest BCUT2D eigenvalue weighted by atomic mass is 9.91. The van der Waals surface area contributed by atoms with Crippen molar-refractivity contribution in [2.75, 3.05) is 5.32 Å². The van der Waals surface area contributed by atoms with Crippen LogP contribution in [0.5, 0.6) is 0 Å². The summed E-state index contributed by atoms with van der Waals surface area (Å²) >= 11 is 0. The zero-order valence-electron chi connectivity index (χ0n) is 13.1. The first-order chi connectivity index (χ1) is 10.8. The van der Waals surface area contributed by atoms with Crippen molar-refractivity contribution in [1.29, 1.82) is 0 Å². The summed E-state index contributed by atoms with van der Waals surface area (Å²) in [5, 5.41) is 11.4. The predicted octanol–water partition coefficient (Wildman–Crippen LogP) is 3.42. The van der Waals surface area contributed by atoms with E-state index in [0.29, 0.717) is 0 Å². The number of carbonyl (C=O) groups is 2. The average molecular weight is 318 g/mol. The number of benzene rings is 1. The molecule has 2 aromatic rings. The minimum absolute atomic E-state index is 0.0886. The van der Waals surface area contributed by atoms with Crippen LogP contribution in [0.15, 0.2) is 34.7 Å². The molecule has 23 heavy (non-hydrogen) atoms. The van der Waals surface area contributed by atoms with Crippen molar-refractivity contribution in [3.05, 3.63) is 47.3 Å². The summed E-state index contributed by atoms with van der Waals surface area (Å²) in [5.74, 6) is -1.54. The molecule has 1 amide bonds. The smallest absolute Gasteiger partial charge is 0.415 e. The molecular formula is C16H18N2O5. The summed E-state index contributed by atoms with van der Waals surface area (Å²) in [6.45, 7) is 5.49. The molecule has 0 aliphatic heterocycles. The Balaban J connectivity index is 2.05. The van der Waals surface area contributed by atoms with E-state index in [2.05, 4.69) is 10.3 Å². The summed E-state index contributed by atoms with van der Waals surface area (Å²) in [6.07, 6.45) is -0.771. The van der Waals surface area contributed by atoms with Crippen LogP contribution in [0.1, 0.15) is 42.6 Å². The fraction of sp³-hybridized carbons (Fsp3) is 0.312. The number of aromatic carboxylic acids is 1. The molecule has 1 heterocycles. The van der Waals surface area contributed by atoms with Gasteiger partial charge in [-0.3, -0.25) is 0 Å². The number of anilines is 1. The molecule has 0 fully saturated rings. The molecule has 7 heteroatoms. The molecule has 0 bridgehead atoms. The van der Waals surface area contributed by atoms with E-state index in [-0.39, 0.29) is 24.1 Å². The zero-order valence-corrected chi connectivity index (χ0v) is 13.1. The van der Waals surface area contributed by atoms with Crippen LogP contribution in [0.25, 0.3) is 0 Å². The van der Waals surface area contributed by atoms with Gasteiger partial charge in [-0.15, -0.1) is 0 Å². The Morgan fingerprint density at radius 1 is 1.26 bits per heavy atom. The van der Waals surface area contributed by atoms with Gasteiger partial charge in [0.15, 0.2) is 0 Å². The van der Waals surface area contributed by atoms with E-state index in [0.717, 1.165) is 5.56 Å². The molecule has 0 radical (unpaired) electrons. The van der Waals surface area contributed by atoms with Gasteiger partial charge in [0.05, 0.1) is 0 Å². The number of rotatable bonds is 4. The highest BCUT2D eigenvalue weighted by Gasteiger charge is 2.29. The third-order valence-corrected chi connectivity index (χ3v) is 2.95. The number of amides is 1. The van der Waals surface area contributed by atoms with Gasteiger partial charge in [-0.1, -0.05) is 51.1 Å². The van der Waals surface area contributed by atoms with Crippen LogP contribution in [-0.4, -0.2) is 22.2 Å². The quantitative estimate of drug-likeness (QED) is 0.895. The molecule has 7 nitrogen and oxygen atoms in total. The third-order valence-electron chi connectivity index (χ3n) is 2.95. The second-order valence-electron chi connectivity index (χ2n) is 5.94. The fourth-order valence-corrected chi connectivity index (χ4v) is 1.87. The first-order valence-corrected chi connectivity index (χ1v) is 6.99. The lowest BCUT2D eigenvalue weighted by molar-refractivity contribution is 0.0659. The van der Waals surface area contributed by atoms with Crippen LogP contribution in [0.3, 0.4) is 0 Å². The summed E-state index contributed by atoms with van der Waals surface area (Å²) in [6, 6.07) is 8.96. The Bertz CT molecular complexity index is 701. The number of carboxylic acid groups (broad SMARTS) is 1. The van der Waals surface area contributed by atoms with E-state index < -0.39 is 17.5 Å². The number of nitrogens with one attached hydrogen (secondary N) is 1. The largest absolute Gasteiger partial charge is 0.475 e. The van der Waals surface area contributed by atoms with E-state index in [1.807, 2.05) is 30.3 Å². The molecule has 0 saturated carbocycles. The van der Waals surface area contributed by atoms with Gasteiger partial charge in [0.25, 0.3) is 0 Å². The second kappa shape index (κ2) is 6.51. The van der Waals surface area contributed by atoms with Gasteiger partial charge in [-0.05, 0) is 5.56 Å². The Labute approximate surface area is 133 Å². The molecule has 2 N–H and O–H groups in total. The van der Waals surface area contributed by atoms with Gasteiger partial charge in [-0.25, -0.2) is 14.9 Å². The lowest BCUT2D eigenvalue weighted by Gasteiger charge is -2.14. The van der Waals surface area contributed by atoms with E-state index in [1.54, 1.807) is 20.8 Å². The number of nitrogens with zero attached hydrogens (tertiary/aromatic N) is 1. The van der Waals surface area contributed by atoms with E-state index in [9.17, 15) is 9.59 Å². The lowest BCUT2D eigenvalue weighted by Crippen LogP contribution is -2.17. The average Bonchev–Trinajstić information content (AvgIpc) is 2.90. The molecule has 2 rings (SSSR count). The maximum Gasteiger partial charge on any atom is 0.415 e. The highest BCUT2D eigenvalue weighted by molar-refractivity contribution is 5.87. The van der Waals surface area contributed by atoms with Crippen molar-refractivity contribution < 1.29 is 23.8 Å². The van der Waals surface area contributed by atoms with Gasteiger partial charge in [0.2, 0.25) is 5.76 Å². The van der Waals surface area contributed by atoms with Crippen molar-refractivity contribution in [3.8, 4) is 0 Å². The topological polar surface area (TPSA) is 102 Å². The van der Waals surface area contributed by atoms with E-state index in [1.165, 1.54) is 0 Å². The van der Waals surface area contributed by atoms with Gasteiger partial charge < -0.3 is 14.3 Å². The van der Waals surface area contributed by atoms with Crippen LogP contribution in [0.4, 0.5) is 10.8 Å². The van der Waals surface area contributed by atoms with Crippen LogP contribution < -0.4 is 5.32 Å². The fourth-order valence-electron chi connectivity index (χ4n) is 1.87. The maximum atomic E-state index is 11.7. The predicted molar refractivity (Wildman–Crippen MR) is 82.4 cm³/mol. The molecule has 0 aliphatic rings. The van der Waals surface area contributed by atoms with E-state index >= 15 is 0 Å². The first-order valence-electron chi connectivity index (χ1n) is 6.99. The van der Waals surface area contributed by atoms with Crippen molar-refractivity contribution in [3.63, 3.8) is 0 Å². The summed E-state index contributed by atoms with van der Waals surface area (Å²) in [4.78, 5) is 27.0. The Morgan fingerprint density at radius 3 is 2.43 bits per heavy atom. The Morgan fingerprint density at radius 2 is 1.91 bits per heavy atom. The number of ether oxygens (including phenoxy) is 1. The summed E-state index contributed by atoms with van der Waals surface area (Å²) in [5.41, 5.74) is 0.547. The van der Waals surface area contributed by atoms with Crippen molar-refractivity contribution in [2.24, 2.45) is 0 Å². The number of oxazole rings is 1. The molecular weight excluding hydrogens is 300 g/mol. The standard InChI is InChI=1S/C16H18N2O5/c1-16(2,3)12-11(13(19)20)23-14(17-12)18-15(21)22-9-10-7-5-4-6-8-10/h4-8H,9H2,1-3H3,(H,19,20)(H,17,18,21). The molecule has 122 valence electrons.